The van der Waals surface area contributed by atoms with Gasteiger partial charge in [-0.3, -0.25) is 4.79 Å². The Morgan fingerprint density at radius 1 is 1.17 bits per heavy atom. The molecule has 1 aliphatic heterocycles. The number of thiophene rings is 1. The molecule has 4 nitrogen and oxygen atoms in total. The molecule has 1 unspecified atom stereocenters. The Bertz CT molecular complexity index is 877. The third-order valence-corrected chi connectivity index (χ3v) is 5.73. The number of rotatable bonds is 2. The minimum absolute atomic E-state index is 0.00835. The molecule has 0 bridgehead atoms. The molecule has 0 saturated carbocycles. The number of amides is 1. The van der Waals surface area contributed by atoms with Gasteiger partial charge in [-0.1, -0.05) is 23.7 Å². The summed E-state index contributed by atoms with van der Waals surface area (Å²) in [5.74, 6) is 0.177. The van der Waals surface area contributed by atoms with E-state index in [-0.39, 0.29) is 11.8 Å². The van der Waals surface area contributed by atoms with Gasteiger partial charge in [-0.25, -0.2) is 0 Å². The summed E-state index contributed by atoms with van der Waals surface area (Å²) in [4.78, 5) is 14.6. The largest absolute Gasteiger partial charge is 0.352 e. The first-order valence-electron chi connectivity index (χ1n) is 7.67. The lowest BCUT2D eigenvalue weighted by molar-refractivity contribution is 0.0956. The number of nitrogens with zero attached hydrogens (tertiary/aromatic N) is 2. The second-order valence-electron chi connectivity index (χ2n) is 5.67. The smallest absolute Gasteiger partial charge is 0.252 e. The second kappa shape index (κ2) is 6.34. The minimum Gasteiger partial charge on any atom is -0.352 e. The van der Waals surface area contributed by atoms with Crippen LogP contribution in [0.25, 0.3) is 10.4 Å². The summed E-state index contributed by atoms with van der Waals surface area (Å²) in [5, 5.41) is 11.5. The average Bonchev–Trinajstić information content (AvgIpc) is 2.99. The van der Waals surface area contributed by atoms with Crippen LogP contribution in [0, 0.1) is 0 Å². The van der Waals surface area contributed by atoms with Crippen molar-refractivity contribution in [3.63, 3.8) is 0 Å². The Morgan fingerprint density at radius 2 is 2.00 bits per heavy atom. The SMILES string of the molecule is O=C1NCCC(c2ccc(Cl)cc2)c2sc(-c3ccnnc3)cc21. The number of halogens is 1. The van der Waals surface area contributed by atoms with Gasteiger partial charge >= 0.3 is 0 Å². The molecular formula is C18H14ClN3OS. The van der Waals surface area contributed by atoms with Crippen molar-refractivity contribution in [3.05, 3.63) is 69.8 Å². The van der Waals surface area contributed by atoms with Gasteiger partial charge in [-0.15, -0.1) is 11.3 Å². The molecule has 1 N–H and O–H groups in total. The molecule has 1 amide bonds. The van der Waals surface area contributed by atoms with Gasteiger partial charge < -0.3 is 5.32 Å². The summed E-state index contributed by atoms with van der Waals surface area (Å²) in [7, 11) is 0. The van der Waals surface area contributed by atoms with Crippen LogP contribution >= 0.6 is 22.9 Å². The standard InChI is InChI=1S/C18H14ClN3OS/c19-13-3-1-11(2-4-13)14-6-7-20-18(23)15-9-16(24-17(14)15)12-5-8-21-22-10-12/h1-5,8-10,14H,6-7H2,(H,20,23). The number of fused-ring (bicyclic) bond motifs is 1. The minimum atomic E-state index is -0.00835. The quantitative estimate of drug-likeness (QED) is 0.752. The Morgan fingerprint density at radius 3 is 2.75 bits per heavy atom. The van der Waals surface area contributed by atoms with Crippen LogP contribution in [-0.2, 0) is 0 Å². The van der Waals surface area contributed by atoms with Crippen LogP contribution in [0.2, 0.25) is 5.02 Å². The van der Waals surface area contributed by atoms with Crippen LogP contribution in [0.1, 0.15) is 33.1 Å². The van der Waals surface area contributed by atoms with E-state index in [1.54, 1.807) is 23.7 Å². The zero-order valence-corrected chi connectivity index (χ0v) is 14.3. The summed E-state index contributed by atoms with van der Waals surface area (Å²) in [6.45, 7) is 0.666. The van der Waals surface area contributed by atoms with E-state index < -0.39 is 0 Å². The van der Waals surface area contributed by atoms with Crippen molar-refractivity contribution in [1.29, 1.82) is 0 Å². The normalized spacial score (nSPS) is 17.0. The first-order valence-corrected chi connectivity index (χ1v) is 8.86. The highest BCUT2D eigenvalue weighted by Gasteiger charge is 2.27. The molecule has 120 valence electrons. The fourth-order valence-electron chi connectivity index (χ4n) is 2.99. The predicted molar refractivity (Wildman–Crippen MR) is 95.6 cm³/mol. The van der Waals surface area contributed by atoms with Crippen molar-refractivity contribution < 1.29 is 4.79 Å². The molecule has 6 heteroatoms. The van der Waals surface area contributed by atoms with Crippen LogP contribution in [0.15, 0.2) is 48.8 Å². The summed E-state index contributed by atoms with van der Waals surface area (Å²) in [6.07, 6.45) is 4.26. The summed E-state index contributed by atoms with van der Waals surface area (Å²) < 4.78 is 0. The highest BCUT2D eigenvalue weighted by atomic mass is 35.5. The molecule has 2 aromatic heterocycles. The van der Waals surface area contributed by atoms with Crippen molar-refractivity contribution in [2.24, 2.45) is 0 Å². The van der Waals surface area contributed by atoms with Crippen molar-refractivity contribution >= 4 is 28.8 Å². The van der Waals surface area contributed by atoms with E-state index >= 15 is 0 Å². The fourth-order valence-corrected chi connectivity index (χ4v) is 4.43. The number of nitrogens with one attached hydrogen (secondary N) is 1. The zero-order valence-electron chi connectivity index (χ0n) is 12.7. The average molecular weight is 356 g/mol. The van der Waals surface area contributed by atoms with E-state index in [2.05, 4.69) is 15.5 Å². The molecule has 0 radical (unpaired) electrons. The lowest BCUT2D eigenvalue weighted by Gasteiger charge is -2.14. The second-order valence-corrected chi connectivity index (χ2v) is 7.19. The molecule has 3 aromatic rings. The van der Waals surface area contributed by atoms with E-state index in [1.165, 1.54) is 5.56 Å². The molecule has 1 atom stereocenters. The molecule has 3 heterocycles. The van der Waals surface area contributed by atoms with E-state index in [1.807, 2.05) is 36.4 Å². The van der Waals surface area contributed by atoms with Crippen LogP contribution in [0.4, 0.5) is 0 Å². The van der Waals surface area contributed by atoms with Crippen molar-refractivity contribution in [3.8, 4) is 10.4 Å². The molecule has 1 aromatic carbocycles. The molecule has 0 saturated heterocycles. The topological polar surface area (TPSA) is 54.9 Å². The third kappa shape index (κ3) is 2.81. The number of aromatic nitrogens is 2. The highest BCUT2D eigenvalue weighted by Crippen LogP contribution is 2.41. The number of carbonyl (C=O) groups excluding carboxylic acids is 1. The van der Waals surface area contributed by atoms with Crippen LogP contribution < -0.4 is 5.32 Å². The Labute approximate surface area is 148 Å². The number of carbonyl (C=O) groups is 1. The summed E-state index contributed by atoms with van der Waals surface area (Å²) >= 11 is 7.66. The monoisotopic (exact) mass is 355 g/mol. The maximum Gasteiger partial charge on any atom is 0.252 e. The van der Waals surface area contributed by atoms with E-state index in [9.17, 15) is 4.79 Å². The zero-order chi connectivity index (χ0) is 16.5. The van der Waals surface area contributed by atoms with Crippen LogP contribution in [0.5, 0.6) is 0 Å². The van der Waals surface area contributed by atoms with Gasteiger partial charge in [-0.05, 0) is 36.2 Å². The summed E-state index contributed by atoms with van der Waals surface area (Å²) in [6, 6.07) is 11.8. The van der Waals surface area contributed by atoms with Gasteiger partial charge in [0.05, 0.1) is 18.0 Å². The number of hydrogen-bond acceptors (Lipinski definition) is 4. The molecule has 0 aliphatic carbocycles. The maximum atomic E-state index is 12.4. The van der Waals surface area contributed by atoms with Crippen LogP contribution in [-0.4, -0.2) is 22.6 Å². The Balaban J connectivity index is 1.82. The van der Waals surface area contributed by atoms with Crippen molar-refractivity contribution in [1.82, 2.24) is 15.5 Å². The first-order chi connectivity index (χ1) is 11.7. The fraction of sp³-hybridized carbons (Fsp3) is 0.167. The lowest BCUT2D eigenvalue weighted by atomic mass is 9.93. The first kappa shape index (κ1) is 15.3. The molecule has 0 fully saturated rings. The molecule has 0 spiro atoms. The number of hydrogen-bond donors (Lipinski definition) is 1. The maximum absolute atomic E-state index is 12.4. The van der Waals surface area contributed by atoms with Gasteiger partial charge in [-0.2, -0.15) is 10.2 Å². The van der Waals surface area contributed by atoms with Gasteiger partial charge in [0.25, 0.3) is 5.91 Å². The Kier molecular flexibility index (Phi) is 4.04. The van der Waals surface area contributed by atoms with Gasteiger partial charge in [0, 0.05) is 32.8 Å². The van der Waals surface area contributed by atoms with Gasteiger partial charge in [0.1, 0.15) is 0 Å². The van der Waals surface area contributed by atoms with E-state index in [4.69, 9.17) is 11.6 Å². The Hall–Kier alpha value is -2.24. The summed E-state index contributed by atoms with van der Waals surface area (Å²) in [5.41, 5.74) is 2.91. The molecular weight excluding hydrogens is 342 g/mol. The van der Waals surface area contributed by atoms with Crippen LogP contribution in [0.3, 0.4) is 0 Å². The van der Waals surface area contributed by atoms with Crippen molar-refractivity contribution in [2.45, 2.75) is 12.3 Å². The van der Waals surface area contributed by atoms with Gasteiger partial charge in [0.15, 0.2) is 0 Å². The van der Waals surface area contributed by atoms with E-state index in [0.717, 1.165) is 32.3 Å². The van der Waals surface area contributed by atoms with E-state index in [0.29, 0.717) is 6.54 Å². The molecule has 4 rings (SSSR count). The third-order valence-electron chi connectivity index (χ3n) is 4.18. The molecule has 1 aliphatic rings. The highest BCUT2D eigenvalue weighted by molar-refractivity contribution is 7.16. The van der Waals surface area contributed by atoms with Gasteiger partial charge in [0.2, 0.25) is 0 Å². The predicted octanol–water partition coefficient (Wildman–Crippen LogP) is 4.12. The number of benzene rings is 1. The molecule has 24 heavy (non-hydrogen) atoms. The van der Waals surface area contributed by atoms with Crippen molar-refractivity contribution in [2.75, 3.05) is 6.54 Å². The lowest BCUT2D eigenvalue weighted by Crippen LogP contribution is -2.22.